The van der Waals surface area contributed by atoms with Gasteiger partial charge in [-0.15, -0.1) is 11.6 Å². The molecule has 0 spiro atoms. The van der Waals surface area contributed by atoms with Gasteiger partial charge >= 0.3 is 0 Å². The van der Waals surface area contributed by atoms with Gasteiger partial charge in [-0.05, 0) is 37.5 Å². The largest absolute Gasteiger partial charge is 0.370 e. The quantitative estimate of drug-likeness (QED) is 0.818. The zero-order chi connectivity index (χ0) is 15.5. The molecule has 116 valence electrons. The third-order valence-corrected chi connectivity index (χ3v) is 4.54. The van der Waals surface area contributed by atoms with E-state index < -0.39 is 10.0 Å². The minimum Gasteiger partial charge on any atom is -0.370 e. The smallest absolute Gasteiger partial charge is 0.239 e. The Bertz CT molecular complexity index is 628. The molecule has 1 heterocycles. The molecule has 0 radical (unpaired) electrons. The van der Waals surface area contributed by atoms with Crippen LogP contribution in [0.1, 0.15) is 19.3 Å². The number of nitrogens with two attached hydrogens (primary N) is 1. The van der Waals surface area contributed by atoms with Crippen molar-refractivity contribution >= 4 is 38.9 Å². The molecular formula is C13H18ClN3O3S. The standard InChI is InChI=1S/C13H18ClN3O3S/c14-9-13(18)16-11-8-10(21(15,19)20)4-5-12(11)17-6-2-1-3-7-17/h4-5,8H,1-3,6-7,9H2,(H,16,18)(H2,15,19,20). The summed E-state index contributed by atoms with van der Waals surface area (Å²) in [6.45, 7) is 1.75. The van der Waals surface area contributed by atoms with Crippen molar-refractivity contribution < 1.29 is 13.2 Å². The summed E-state index contributed by atoms with van der Waals surface area (Å²) in [5.41, 5.74) is 1.22. The Labute approximate surface area is 129 Å². The van der Waals surface area contributed by atoms with Crippen molar-refractivity contribution in [1.29, 1.82) is 0 Å². The molecule has 3 N–H and O–H groups in total. The molecular weight excluding hydrogens is 314 g/mol. The number of alkyl halides is 1. The number of carbonyl (C=O) groups is 1. The SMILES string of the molecule is NS(=O)(=O)c1ccc(N2CCCCC2)c(NC(=O)CCl)c1. The van der Waals surface area contributed by atoms with Crippen LogP contribution in [-0.2, 0) is 14.8 Å². The van der Waals surface area contributed by atoms with Gasteiger partial charge in [-0.3, -0.25) is 4.79 Å². The van der Waals surface area contributed by atoms with E-state index in [1.807, 2.05) is 0 Å². The number of halogens is 1. The van der Waals surface area contributed by atoms with Crippen LogP contribution in [0.4, 0.5) is 11.4 Å². The van der Waals surface area contributed by atoms with Crippen LogP contribution in [0, 0.1) is 0 Å². The van der Waals surface area contributed by atoms with Crippen LogP contribution in [0.3, 0.4) is 0 Å². The first kappa shape index (κ1) is 16.1. The minimum atomic E-state index is -3.82. The fourth-order valence-corrected chi connectivity index (χ4v) is 2.99. The highest BCUT2D eigenvalue weighted by molar-refractivity contribution is 7.89. The molecule has 0 aliphatic carbocycles. The molecule has 1 saturated heterocycles. The first-order valence-electron chi connectivity index (χ1n) is 6.69. The predicted octanol–water partition coefficient (Wildman–Crippen LogP) is 1.50. The fourth-order valence-electron chi connectivity index (χ4n) is 2.39. The number of primary sulfonamides is 1. The second-order valence-electron chi connectivity index (χ2n) is 4.95. The van der Waals surface area contributed by atoms with Gasteiger partial charge in [0.05, 0.1) is 16.3 Å². The lowest BCUT2D eigenvalue weighted by Crippen LogP contribution is -2.30. The number of rotatable bonds is 4. The Hall–Kier alpha value is -1.31. The molecule has 1 aliphatic rings. The van der Waals surface area contributed by atoms with Gasteiger partial charge in [0.1, 0.15) is 5.88 Å². The average Bonchev–Trinajstić information content (AvgIpc) is 2.47. The lowest BCUT2D eigenvalue weighted by atomic mass is 10.1. The number of nitrogens with zero attached hydrogens (tertiary/aromatic N) is 1. The second-order valence-corrected chi connectivity index (χ2v) is 6.78. The first-order chi connectivity index (χ1) is 9.91. The van der Waals surface area contributed by atoms with Gasteiger partial charge in [0, 0.05) is 13.1 Å². The number of anilines is 2. The van der Waals surface area contributed by atoms with Gasteiger partial charge in [-0.25, -0.2) is 13.6 Å². The zero-order valence-corrected chi connectivity index (χ0v) is 13.1. The molecule has 0 aromatic heterocycles. The molecule has 1 aromatic carbocycles. The molecule has 1 aliphatic heterocycles. The van der Waals surface area contributed by atoms with E-state index in [1.165, 1.54) is 18.6 Å². The van der Waals surface area contributed by atoms with Crippen LogP contribution in [-0.4, -0.2) is 33.3 Å². The van der Waals surface area contributed by atoms with Gasteiger partial charge in [0.25, 0.3) is 0 Å². The third kappa shape index (κ3) is 4.09. The second kappa shape index (κ2) is 6.64. The maximum atomic E-state index is 11.5. The number of amides is 1. The normalized spacial score (nSPS) is 15.8. The summed E-state index contributed by atoms with van der Waals surface area (Å²) in [5, 5.41) is 7.77. The third-order valence-electron chi connectivity index (χ3n) is 3.39. The van der Waals surface area contributed by atoms with Gasteiger partial charge < -0.3 is 10.2 Å². The molecule has 6 nitrogen and oxygen atoms in total. The Balaban J connectivity index is 2.40. The number of hydrogen-bond acceptors (Lipinski definition) is 4. The number of sulfonamides is 1. The number of piperidine rings is 1. The molecule has 1 fully saturated rings. The van der Waals surface area contributed by atoms with E-state index in [-0.39, 0.29) is 16.7 Å². The highest BCUT2D eigenvalue weighted by atomic mass is 35.5. The van der Waals surface area contributed by atoms with Crippen molar-refractivity contribution in [2.24, 2.45) is 5.14 Å². The van der Waals surface area contributed by atoms with Gasteiger partial charge in [-0.1, -0.05) is 0 Å². The lowest BCUT2D eigenvalue weighted by Gasteiger charge is -2.30. The number of hydrogen-bond donors (Lipinski definition) is 2. The van der Waals surface area contributed by atoms with Crippen molar-refractivity contribution in [3.63, 3.8) is 0 Å². The summed E-state index contributed by atoms with van der Waals surface area (Å²) in [4.78, 5) is 13.6. The first-order valence-corrected chi connectivity index (χ1v) is 8.77. The topological polar surface area (TPSA) is 92.5 Å². The van der Waals surface area contributed by atoms with Crippen LogP contribution >= 0.6 is 11.6 Å². The molecule has 1 aromatic rings. The van der Waals surface area contributed by atoms with E-state index in [1.54, 1.807) is 6.07 Å². The van der Waals surface area contributed by atoms with Crippen LogP contribution in [0.15, 0.2) is 23.1 Å². The monoisotopic (exact) mass is 331 g/mol. The number of benzene rings is 1. The van der Waals surface area contributed by atoms with Crippen LogP contribution in [0.5, 0.6) is 0 Å². The maximum Gasteiger partial charge on any atom is 0.239 e. The van der Waals surface area contributed by atoms with Crippen molar-refractivity contribution in [2.75, 3.05) is 29.2 Å². The molecule has 21 heavy (non-hydrogen) atoms. The van der Waals surface area contributed by atoms with E-state index in [0.717, 1.165) is 31.6 Å². The van der Waals surface area contributed by atoms with E-state index in [0.29, 0.717) is 5.69 Å². The zero-order valence-electron chi connectivity index (χ0n) is 11.5. The minimum absolute atomic E-state index is 0.0341. The van der Waals surface area contributed by atoms with Gasteiger partial charge in [0.2, 0.25) is 15.9 Å². The van der Waals surface area contributed by atoms with E-state index in [9.17, 15) is 13.2 Å². The summed E-state index contributed by atoms with van der Waals surface area (Å²) in [6.07, 6.45) is 3.31. The number of nitrogens with one attached hydrogen (secondary N) is 1. The molecule has 0 saturated carbocycles. The Kier molecular flexibility index (Phi) is 5.08. The molecule has 0 atom stereocenters. The highest BCUT2D eigenvalue weighted by Gasteiger charge is 2.18. The van der Waals surface area contributed by atoms with Crippen molar-refractivity contribution in [1.82, 2.24) is 0 Å². The van der Waals surface area contributed by atoms with Crippen molar-refractivity contribution in [3.8, 4) is 0 Å². The van der Waals surface area contributed by atoms with Gasteiger partial charge in [-0.2, -0.15) is 0 Å². The lowest BCUT2D eigenvalue weighted by molar-refractivity contribution is -0.113. The molecule has 2 rings (SSSR count). The molecule has 8 heteroatoms. The molecule has 1 amide bonds. The van der Waals surface area contributed by atoms with E-state index >= 15 is 0 Å². The van der Waals surface area contributed by atoms with Crippen LogP contribution in [0.25, 0.3) is 0 Å². The van der Waals surface area contributed by atoms with E-state index in [4.69, 9.17) is 16.7 Å². The number of carbonyl (C=O) groups excluding carboxylic acids is 1. The summed E-state index contributed by atoms with van der Waals surface area (Å²) in [6, 6.07) is 4.51. The van der Waals surface area contributed by atoms with Crippen molar-refractivity contribution in [3.05, 3.63) is 18.2 Å². The van der Waals surface area contributed by atoms with Crippen molar-refractivity contribution in [2.45, 2.75) is 24.2 Å². The van der Waals surface area contributed by atoms with Crippen LogP contribution < -0.4 is 15.4 Å². The molecule has 0 unspecified atom stereocenters. The van der Waals surface area contributed by atoms with Crippen LogP contribution in [0.2, 0.25) is 0 Å². The average molecular weight is 332 g/mol. The maximum absolute atomic E-state index is 11.5. The summed E-state index contributed by atoms with van der Waals surface area (Å²) >= 11 is 5.50. The Morgan fingerprint density at radius 1 is 1.29 bits per heavy atom. The Morgan fingerprint density at radius 3 is 2.52 bits per heavy atom. The summed E-state index contributed by atoms with van der Waals surface area (Å²) in [5.74, 6) is -0.583. The van der Waals surface area contributed by atoms with E-state index in [2.05, 4.69) is 10.2 Å². The fraction of sp³-hybridized carbons (Fsp3) is 0.462. The predicted molar refractivity (Wildman–Crippen MR) is 83.2 cm³/mol. The highest BCUT2D eigenvalue weighted by Crippen LogP contribution is 2.30. The summed E-state index contributed by atoms with van der Waals surface area (Å²) in [7, 11) is -3.82. The van der Waals surface area contributed by atoms with Gasteiger partial charge in [0.15, 0.2) is 0 Å². The summed E-state index contributed by atoms with van der Waals surface area (Å²) < 4.78 is 22.9. The molecule has 0 bridgehead atoms. The Morgan fingerprint density at radius 2 is 1.95 bits per heavy atom.